The lowest BCUT2D eigenvalue weighted by Crippen LogP contribution is -2.21. The number of nitrogen functional groups attached to an aromatic ring is 1. The lowest BCUT2D eigenvalue weighted by atomic mass is 10.2. The van der Waals surface area contributed by atoms with E-state index in [1.807, 2.05) is 30.3 Å². The van der Waals surface area contributed by atoms with E-state index in [0.29, 0.717) is 10.4 Å². The van der Waals surface area contributed by atoms with Crippen molar-refractivity contribution in [1.82, 2.24) is 14.9 Å². The molecule has 0 aliphatic rings. The third-order valence-corrected chi connectivity index (χ3v) is 3.33. The van der Waals surface area contributed by atoms with Crippen LogP contribution in [0.3, 0.4) is 0 Å². The fraction of sp³-hybridized carbons (Fsp3) is 0.273. The van der Waals surface area contributed by atoms with Crippen LogP contribution < -0.4 is 5.84 Å². The number of benzene rings is 1. The van der Waals surface area contributed by atoms with Gasteiger partial charge in [0.05, 0.1) is 0 Å². The van der Waals surface area contributed by atoms with Crippen molar-refractivity contribution in [2.24, 2.45) is 0 Å². The van der Waals surface area contributed by atoms with Crippen LogP contribution in [0.25, 0.3) is 0 Å². The van der Waals surface area contributed by atoms with Crippen molar-refractivity contribution in [3.05, 3.63) is 41.7 Å². The molecule has 0 bridgehead atoms. The van der Waals surface area contributed by atoms with Crippen molar-refractivity contribution < 1.29 is 13.2 Å². The highest BCUT2D eigenvalue weighted by Crippen LogP contribution is 2.28. The van der Waals surface area contributed by atoms with Crippen LogP contribution in [0.2, 0.25) is 0 Å². The lowest BCUT2D eigenvalue weighted by molar-refractivity contribution is -0.146. The fourth-order valence-corrected chi connectivity index (χ4v) is 2.32. The molecule has 0 aliphatic heterocycles. The number of rotatable bonds is 4. The van der Waals surface area contributed by atoms with Crippen molar-refractivity contribution in [2.75, 3.05) is 11.6 Å². The Morgan fingerprint density at radius 1 is 1.16 bits per heavy atom. The summed E-state index contributed by atoms with van der Waals surface area (Å²) in [6, 6.07) is 9.63. The Morgan fingerprint density at radius 3 is 2.42 bits per heavy atom. The monoisotopic (exact) mass is 288 g/mol. The van der Waals surface area contributed by atoms with E-state index in [0.717, 1.165) is 23.7 Å². The predicted octanol–water partition coefficient (Wildman–Crippen LogP) is 2.35. The Morgan fingerprint density at radius 2 is 1.84 bits per heavy atom. The van der Waals surface area contributed by atoms with Crippen molar-refractivity contribution >= 4 is 11.8 Å². The van der Waals surface area contributed by atoms with Crippen molar-refractivity contribution in [2.45, 2.75) is 17.8 Å². The van der Waals surface area contributed by atoms with Crippen LogP contribution in [-0.2, 0) is 12.6 Å². The minimum absolute atomic E-state index is 0.0586. The van der Waals surface area contributed by atoms with Gasteiger partial charge in [-0.2, -0.15) is 13.2 Å². The van der Waals surface area contributed by atoms with E-state index in [1.165, 1.54) is 0 Å². The summed E-state index contributed by atoms with van der Waals surface area (Å²) in [5, 5.41) is 6.56. The molecule has 4 nitrogen and oxygen atoms in total. The molecule has 1 aromatic heterocycles. The number of hydrogen-bond acceptors (Lipinski definition) is 4. The molecule has 102 valence electrons. The Kier molecular flexibility index (Phi) is 3.98. The van der Waals surface area contributed by atoms with E-state index in [1.54, 1.807) is 0 Å². The Balaban J connectivity index is 1.96. The molecule has 0 aliphatic carbocycles. The van der Waals surface area contributed by atoms with Gasteiger partial charge in [-0.25, -0.2) is 4.68 Å². The van der Waals surface area contributed by atoms with E-state index in [4.69, 9.17) is 5.84 Å². The Hall–Kier alpha value is -1.70. The van der Waals surface area contributed by atoms with Crippen molar-refractivity contribution in [1.29, 1.82) is 0 Å². The summed E-state index contributed by atoms with van der Waals surface area (Å²) in [6.45, 7) is 0. The van der Waals surface area contributed by atoms with Gasteiger partial charge in [0, 0.05) is 5.75 Å². The molecule has 2 N–H and O–H groups in total. The molecule has 1 heterocycles. The molecule has 2 rings (SSSR count). The average Bonchev–Trinajstić information content (AvgIpc) is 2.72. The number of thioether (sulfide) groups is 1. The molecule has 0 atom stereocenters. The zero-order valence-corrected chi connectivity index (χ0v) is 10.6. The average molecular weight is 288 g/mol. The topological polar surface area (TPSA) is 56.7 Å². The molecule has 19 heavy (non-hydrogen) atoms. The molecular weight excluding hydrogens is 277 g/mol. The summed E-state index contributed by atoms with van der Waals surface area (Å²) in [5.74, 6) is 4.71. The summed E-state index contributed by atoms with van der Waals surface area (Å²) in [7, 11) is 0. The second-order valence-electron chi connectivity index (χ2n) is 3.76. The Bertz CT molecular complexity index is 539. The summed E-state index contributed by atoms with van der Waals surface area (Å²) in [5.41, 5.74) is 1.11. The maximum atomic E-state index is 12.4. The summed E-state index contributed by atoms with van der Waals surface area (Å²) >= 11 is 1.14. The number of alkyl halides is 3. The van der Waals surface area contributed by atoms with Gasteiger partial charge in [0.1, 0.15) is 0 Å². The maximum Gasteiger partial charge on any atom is 0.453 e. The number of aromatic nitrogens is 3. The van der Waals surface area contributed by atoms with Crippen molar-refractivity contribution in [3.8, 4) is 0 Å². The van der Waals surface area contributed by atoms with Crippen LogP contribution in [-0.4, -0.2) is 20.6 Å². The lowest BCUT2D eigenvalue weighted by Gasteiger charge is -2.06. The van der Waals surface area contributed by atoms with Gasteiger partial charge in [-0.3, -0.25) is 0 Å². The third kappa shape index (κ3) is 3.40. The quantitative estimate of drug-likeness (QED) is 0.693. The highest BCUT2D eigenvalue weighted by Gasteiger charge is 2.38. The number of halogens is 3. The zero-order valence-electron chi connectivity index (χ0n) is 9.76. The van der Waals surface area contributed by atoms with Gasteiger partial charge in [-0.05, 0) is 12.0 Å². The van der Waals surface area contributed by atoms with E-state index in [2.05, 4.69) is 10.2 Å². The highest BCUT2D eigenvalue weighted by molar-refractivity contribution is 7.99. The Labute approximate surface area is 111 Å². The van der Waals surface area contributed by atoms with Gasteiger partial charge >= 0.3 is 6.18 Å². The van der Waals surface area contributed by atoms with Crippen LogP contribution in [0, 0.1) is 0 Å². The summed E-state index contributed by atoms with van der Waals surface area (Å²) in [6.07, 6.45) is -3.86. The van der Waals surface area contributed by atoms with Gasteiger partial charge in [-0.1, -0.05) is 42.1 Å². The zero-order chi connectivity index (χ0) is 13.9. The molecule has 0 amide bonds. The standard InChI is InChI=1S/C11H11F3N4S/c12-11(13,14)9-16-17-10(18(9)15)19-7-6-8-4-2-1-3-5-8/h1-5H,6-7,15H2. The normalized spacial score (nSPS) is 11.7. The minimum atomic E-state index is -4.58. The van der Waals surface area contributed by atoms with Gasteiger partial charge in [0.15, 0.2) is 0 Å². The molecule has 8 heteroatoms. The fourth-order valence-electron chi connectivity index (χ4n) is 1.47. The highest BCUT2D eigenvalue weighted by atomic mass is 32.2. The van der Waals surface area contributed by atoms with Crippen LogP contribution in [0.5, 0.6) is 0 Å². The number of aryl methyl sites for hydroxylation is 1. The minimum Gasteiger partial charge on any atom is -0.335 e. The van der Waals surface area contributed by atoms with Crippen LogP contribution in [0.1, 0.15) is 11.4 Å². The molecule has 0 saturated heterocycles. The van der Waals surface area contributed by atoms with E-state index >= 15 is 0 Å². The summed E-state index contributed by atoms with van der Waals surface area (Å²) < 4.78 is 37.8. The molecule has 0 spiro atoms. The van der Waals surface area contributed by atoms with Gasteiger partial charge in [0.25, 0.3) is 5.82 Å². The van der Waals surface area contributed by atoms with Gasteiger partial charge in [0.2, 0.25) is 5.16 Å². The number of nitrogens with zero attached hydrogens (tertiary/aromatic N) is 3. The first-order valence-corrected chi connectivity index (χ1v) is 6.41. The van der Waals surface area contributed by atoms with E-state index in [-0.39, 0.29) is 5.16 Å². The number of nitrogens with two attached hydrogens (primary N) is 1. The molecule has 0 radical (unpaired) electrons. The third-order valence-electron chi connectivity index (χ3n) is 2.38. The van der Waals surface area contributed by atoms with Crippen LogP contribution in [0.4, 0.5) is 13.2 Å². The first-order chi connectivity index (χ1) is 8.98. The second-order valence-corrected chi connectivity index (χ2v) is 4.82. The molecule has 0 unspecified atom stereocenters. The van der Waals surface area contributed by atoms with Crippen LogP contribution in [0.15, 0.2) is 35.5 Å². The van der Waals surface area contributed by atoms with E-state index in [9.17, 15) is 13.2 Å². The first-order valence-electron chi connectivity index (χ1n) is 5.43. The molecular formula is C11H11F3N4S. The molecule has 2 aromatic rings. The first kappa shape index (κ1) is 13.7. The smallest absolute Gasteiger partial charge is 0.335 e. The van der Waals surface area contributed by atoms with Crippen molar-refractivity contribution in [3.63, 3.8) is 0 Å². The predicted molar refractivity (Wildman–Crippen MR) is 66.0 cm³/mol. The molecule has 0 fully saturated rings. The summed E-state index contributed by atoms with van der Waals surface area (Å²) in [4.78, 5) is 0. The molecule has 0 saturated carbocycles. The van der Waals surface area contributed by atoms with E-state index < -0.39 is 12.0 Å². The molecule has 1 aromatic carbocycles. The van der Waals surface area contributed by atoms with Gasteiger partial charge in [-0.15, -0.1) is 10.2 Å². The largest absolute Gasteiger partial charge is 0.453 e. The number of hydrogen-bond donors (Lipinski definition) is 1. The second kappa shape index (κ2) is 5.52. The SMILES string of the molecule is Nn1c(SCCc2ccccc2)nnc1C(F)(F)F. The van der Waals surface area contributed by atoms with Crippen LogP contribution >= 0.6 is 11.8 Å². The van der Waals surface area contributed by atoms with Gasteiger partial charge < -0.3 is 5.84 Å². The maximum absolute atomic E-state index is 12.4.